The molecule has 0 aromatic heterocycles. The van der Waals surface area contributed by atoms with Crippen LogP contribution < -0.4 is 0 Å². The summed E-state index contributed by atoms with van der Waals surface area (Å²) in [5, 5.41) is 0. The Morgan fingerprint density at radius 3 is 3.14 bits per heavy atom. The number of alkyl halides is 1. The third kappa shape index (κ3) is 0.802. The summed E-state index contributed by atoms with van der Waals surface area (Å²) in [6.45, 7) is 2.88. The van der Waals surface area contributed by atoms with Gasteiger partial charge >= 0.3 is 0 Å². The summed E-state index contributed by atoms with van der Waals surface area (Å²) >= 11 is 6.39. The number of carbonyl (C=O) groups excluding carboxylic acids is 1. The van der Waals surface area contributed by atoms with E-state index in [1.807, 2.05) is 6.92 Å². The van der Waals surface area contributed by atoms with Gasteiger partial charge in [-0.2, -0.15) is 0 Å². The van der Waals surface area contributed by atoms with Crippen molar-refractivity contribution < 1.29 is 14.3 Å². The van der Waals surface area contributed by atoms with Gasteiger partial charge in [-0.25, -0.2) is 0 Å². The minimum absolute atomic E-state index is 0.106. The van der Waals surface area contributed by atoms with E-state index in [2.05, 4.69) is 0 Å². The van der Waals surface area contributed by atoms with Crippen molar-refractivity contribution in [2.45, 2.75) is 30.2 Å². The van der Waals surface area contributed by atoms with Crippen LogP contribution in [-0.4, -0.2) is 29.7 Å². The van der Waals surface area contributed by atoms with Crippen LogP contribution in [0.1, 0.15) is 19.8 Å². The van der Waals surface area contributed by atoms with Gasteiger partial charge in [0.15, 0.2) is 0 Å². The maximum Gasteiger partial charge on any atom is 0.147 e. The van der Waals surface area contributed by atoms with E-state index in [4.69, 9.17) is 21.1 Å². The van der Waals surface area contributed by atoms with E-state index in [1.54, 1.807) is 0 Å². The Balaban J connectivity index is 2.00. The molecule has 0 amide bonds. The lowest BCUT2D eigenvalue weighted by molar-refractivity contribution is -0.293. The predicted octanol–water partition coefficient (Wildman–Crippen LogP) is 1.34. The first-order valence-corrected chi connectivity index (χ1v) is 5.40. The fourth-order valence-electron chi connectivity index (χ4n) is 3.51. The monoisotopic (exact) mass is 216 g/mol. The zero-order valence-corrected chi connectivity index (χ0v) is 8.84. The first-order valence-electron chi connectivity index (χ1n) is 5.02. The molecule has 78 valence electrons. The molecule has 2 aliphatic carbocycles. The molecule has 0 unspecified atom stereocenters. The number of ketones is 1. The van der Waals surface area contributed by atoms with E-state index in [-0.39, 0.29) is 23.2 Å². The summed E-state index contributed by atoms with van der Waals surface area (Å²) in [5.41, 5.74) is -0.272. The van der Waals surface area contributed by atoms with Crippen molar-refractivity contribution in [2.24, 2.45) is 11.8 Å². The predicted molar refractivity (Wildman–Crippen MR) is 50.1 cm³/mol. The summed E-state index contributed by atoms with van der Waals surface area (Å²) in [7, 11) is 0. The van der Waals surface area contributed by atoms with Crippen molar-refractivity contribution in [2.75, 3.05) is 13.4 Å². The molecular weight excluding hydrogens is 204 g/mol. The molecule has 2 saturated carbocycles. The van der Waals surface area contributed by atoms with Crippen LogP contribution in [0.4, 0.5) is 0 Å². The summed E-state index contributed by atoms with van der Waals surface area (Å²) in [5.74, 6) is 0.341. The minimum atomic E-state index is -0.450. The molecule has 3 rings (SSSR count). The Morgan fingerprint density at radius 2 is 2.36 bits per heavy atom. The molecule has 1 saturated heterocycles. The summed E-state index contributed by atoms with van der Waals surface area (Å²) < 4.78 is 10.9. The van der Waals surface area contributed by atoms with E-state index < -0.39 is 4.87 Å². The van der Waals surface area contributed by atoms with Gasteiger partial charge in [0, 0.05) is 12.3 Å². The highest BCUT2D eigenvalue weighted by Crippen LogP contribution is 2.64. The van der Waals surface area contributed by atoms with Crippen molar-refractivity contribution in [3.8, 4) is 0 Å². The number of rotatable bonds is 0. The molecule has 4 heteroatoms. The normalized spacial score (nSPS) is 56.3. The number of Topliss-reactive ketones (excluding diaryl/α,β-unsaturated/α-hetero) is 1. The van der Waals surface area contributed by atoms with Gasteiger partial charge in [0.25, 0.3) is 0 Å². The highest BCUT2D eigenvalue weighted by molar-refractivity contribution is 6.27. The van der Waals surface area contributed by atoms with Gasteiger partial charge in [0.05, 0.1) is 23.0 Å². The number of hydrogen-bond donors (Lipinski definition) is 0. The third-order valence-electron chi connectivity index (χ3n) is 4.10. The molecule has 0 bridgehead atoms. The number of ether oxygens (including phenoxy) is 2. The second kappa shape index (κ2) is 2.52. The standard InChI is InChI=1S/C10H13ClO3/c1-9(11)7-4-13-5-14-10(7)3-2-6(12)8(9)10/h7-8H,2-5H2,1H3/t7-,8-,9+,10-/m0/s1. The number of hydrogen-bond acceptors (Lipinski definition) is 3. The van der Waals surface area contributed by atoms with E-state index in [1.165, 1.54) is 0 Å². The maximum absolute atomic E-state index is 11.7. The highest BCUT2D eigenvalue weighted by atomic mass is 35.5. The smallest absolute Gasteiger partial charge is 0.147 e. The van der Waals surface area contributed by atoms with Crippen LogP contribution >= 0.6 is 11.6 Å². The second-order valence-corrected chi connectivity index (χ2v) is 5.51. The lowest BCUT2D eigenvalue weighted by Gasteiger charge is -2.62. The van der Waals surface area contributed by atoms with Crippen LogP contribution in [0.2, 0.25) is 0 Å². The fraction of sp³-hybridized carbons (Fsp3) is 0.900. The van der Waals surface area contributed by atoms with Gasteiger partial charge in [-0.1, -0.05) is 0 Å². The molecule has 3 nitrogen and oxygen atoms in total. The third-order valence-corrected chi connectivity index (χ3v) is 4.59. The van der Waals surface area contributed by atoms with Crippen LogP contribution in [0, 0.1) is 11.8 Å². The molecule has 0 radical (unpaired) electrons. The molecule has 1 aliphatic heterocycles. The first-order chi connectivity index (χ1) is 6.59. The Morgan fingerprint density at radius 1 is 1.57 bits per heavy atom. The van der Waals surface area contributed by atoms with Gasteiger partial charge in [0.1, 0.15) is 12.6 Å². The van der Waals surface area contributed by atoms with Crippen molar-refractivity contribution >= 4 is 17.4 Å². The Bertz CT molecular complexity index is 302. The summed E-state index contributed by atoms with van der Waals surface area (Å²) in [4.78, 5) is 11.2. The quantitative estimate of drug-likeness (QED) is 0.574. The van der Waals surface area contributed by atoms with Gasteiger partial charge in [0.2, 0.25) is 0 Å². The largest absolute Gasteiger partial charge is 0.355 e. The van der Waals surface area contributed by atoms with Crippen molar-refractivity contribution in [1.29, 1.82) is 0 Å². The van der Waals surface area contributed by atoms with Gasteiger partial charge < -0.3 is 9.47 Å². The highest BCUT2D eigenvalue weighted by Gasteiger charge is 2.74. The molecular formula is C10H13ClO3. The summed E-state index contributed by atoms with van der Waals surface area (Å²) in [6, 6.07) is 0. The number of carbonyl (C=O) groups is 1. The molecule has 4 atom stereocenters. The Kier molecular flexibility index (Phi) is 1.64. The van der Waals surface area contributed by atoms with Crippen molar-refractivity contribution in [3.63, 3.8) is 0 Å². The average molecular weight is 217 g/mol. The van der Waals surface area contributed by atoms with Crippen LogP contribution in [0.3, 0.4) is 0 Å². The Hall–Kier alpha value is -0.120. The molecule has 0 aromatic carbocycles. The maximum atomic E-state index is 11.7. The first kappa shape index (κ1) is 9.13. The average Bonchev–Trinajstić information content (AvgIpc) is 2.41. The Labute approximate surface area is 87.7 Å². The number of halogens is 1. The summed E-state index contributed by atoms with van der Waals surface area (Å²) in [6.07, 6.45) is 1.44. The molecule has 1 heterocycles. The van der Waals surface area contributed by atoms with E-state index in [0.717, 1.165) is 6.42 Å². The van der Waals surface area contributed by atoms with Crippen molar-refractivity contribution in [3.05, 3.63) is 0 Å². The zero-order valence-electron chi connectivity index (χ0n) is 8.09. The molecule has 0 N–H and O–H groups in total. The second-order valence-electron chi connectivity index (χ2n) is 4.69. The van der Waals surface area contributed by atoms with Crippen LogP contribution in [0.15, 0.2) is 0 Å². The minimum Gasteiger partial charge on any atom is -0.355 e. The zero-order chi connectivity index (χ0) is 9.97. The van der Waals surface area contributed by atoms with E-state index in [9.17, 15) is 4.79 Å². The molecule has 3 aliphatic rings. The lowest BCUT2D eigenvalue weighted by Crippen LogP contribution is -2.73. The van der Waals surface area contributed by atoms with Crippen LogP contribution in [0.25, 0.3) is 0 Å². The topological polar surface area (TPSA) is 35.5 Å². The van der Waals surface area contributed by atoms with Crippen molar-refractivity contribution in [1.82, 2.24) is 0 Å². The SMILES string of the molecule is C[C@@]1(Cl)[C@@H]2COCO[C@@]23CCC(=O)[C@@H]13. The van der Waals surface area contributed by atoms with Gasteiger partial charge in [-0.3, -0.25) is 4.79 Å². The van der Waals surface area contributed by atoms with E-state index >= 15 is 0 Å². The molecule has 14 heavy (non-hydrogen) atoms. The van der Waals surface area contributed by atoms with Gasteiger partial charge in [-0.05, 0) is 13.3 Å². The van der Waals surface area contributed by atoms with E-state index in [0.29, 0.717) is 19.8 Å². The van der Waals surface area contributed by atoms with Crippen LogP contribution in [-0.2, 0) is 14.3 Å². The van der Waals surface area contributed by atoms with Gasteiger partial charge in [-0.15, -0.1) is 11.6 Å². The fourth-order valence-corrected chi connectivity index (χ4v) is 4.06. The molecule has 0 aromatic rings. The molecule has 1 spiro atoms. The lowest BCUT2D eigenvalue weighted by atomic mass is 9.54. The van der Waals surface area contributed by atoms with Crippen LogP contribution in [0.5, 0.6) is 0 Å². The molecule has 3 fully saturated rings.